The molecule has 0 aliphatic rings. The Hall–Kier alpha value is -2.08. The number of halogens is 2. The summed E-state index contributed by atoms with van der Waals surface area (Å²) in [6.45, 7) is 9.03. The number of carbonyl (C=O) groups is 2. The van der Waals surface area contributed by atoms with Crippen LogP contribution in [-0.4, -0.2) is 36.3 Å². The fourth-order valence-corrected chi connectivity index (χ4v) is 3.69. The maximum atomic E-state index is 12.7. The highest BCUT2D eigenvalue weighted by molar-refractivity contribution is 6.36. The zero-order valence-electron chi connectivity index (χ0n) is 17.9. The van der Waals surface area contributed by atoms with Crippen molar-refractivity contribution >= 4 is 46.4 Å². The van der Waals surface area contributed by atoms with Crippen molar-refractivity contribution < 1.29 is 9.59 Å². The molecule has 2 aromatic rings. The fraction of sp³-hybridized carbons (Fsp3) is 0.391. The Labute approximate surface area is 188 Å². The second-order valence-corrected chi connectivity index (χ2v) is 8.47. The monoisotopic (exact) mass is 449 g/mol. The largest absolute Gasteiger partial charge is 0.324 e. The summed E-state index contributed by atoms with van der Waals surface area (Å²) in [7, 11) is 0. The van der Waals surface area contributed by atoms with Crippen LogP contribution in [0.3, 0.4) is 0 Å². The second-order valence-electron chi connectivity index (χ2n) is 7.63. The van der Waals surface area contributed by atoms with Crippen molar-refractivity contribution in [2.24, 2.45) is 0 Å². The van der Waals surface area contributed by atoms with Gasteiger partial charge in [0.15, 0.2) is 0 Å². The average Bonchev–Trinajstić information content (AvgIpc) is 2.65. The van der Waals surface area contributed by atoms with E-state index in [4.69, 9.17) is 23.2 Å². The summed E-state index contributed by atoms with van der Waals surface area (Å²) in [5.74, 6) is -0.0851. The van der Waals surface area contributed by atoms with Gasteiger partial charge < -0.3 is 10.6 Å². The Morgan fingerprint density at radius 3 is 2.30 bits per heavy atom. The molecule has 5 nitrogen and oxygen atoms in total. The van der Waals surface area contributed by atoms with Crippen LogP contribution in [0.25, 0.3) is 0 Å². The van der Waals surface area contributed by atoms with Gasteiger partial charge >= 0.3 is 0 Å². The molecule has 0 saturated carbocycles. The zero-order chi connectivity index (χ0) is 22.3. The van der Waals surface area contributed by atoms with Crippen molar-refractivity contribution in [1.82, 2.24) is 4.90 Å². The number of hydrogen-bond acceptors (Lipinski definition) is 3. The van der Waals surface area contributed by atoms with Crippen LogP contribution in [0.1, 0.15) is 44.2 Å². The Bertz CT molecular complexity index is 900. The van der Waals surface area contributed by atoms with Gasteiger partial charge in [0.1, 0.15) is 0 Å². The Balaban J connectivity index is 2.03. The number of amides is 2. The van der Waals surface area contributed by atoms with Gasteiger partial charge in [-0.25, -0.2) is 0 Å². The topological polar surface area (TPSA) is 61.4 Å². The lowest BCUT2D eigenvalue weighted by Gasteiger charge is -2.22. The molecule has 2 rings (SSSR count). The molecule has 0 aliphatic carbocycles. The summed E-state index contributed by atoms with van der Waals surface area (Å²) in [6.07, 6.45) is 0.823. The minimum absolute atomic E-state index is 0.0883. The highest BCUT2D eigenvalue weighted by Gasteiger charge is 2.17. The number of anilines is 2. The van der Waals surface area contributed by atoms with Crippen LogP contribution in [-0.2, 0) is 9.59 Å². The Morgan fingerprint density at radius 1 is 1.03 bits per heavy atom. The van der Waals surface area contributed by atoms with Crippen LogP contribution in [0.2, 0.25) is 10.0 Å². The Kier molecular flexibility index (Phi) is 9.15. The van der Waals surface area contributed by atoms with E-state index in [-0.39, 0.29) is 24.9 Å². The molecule has 2 amide bonds. The predicted octanol–water partition coefficient (Wildman–Crippen LogP) is 5.71. The lowest BCUT2D eigenvalue weighted by Crippen LogP contribution is -2.39. The second kappa shape index (κ2) is 11.3. The average molecular weight is 450 g/mol. The number of para-hydroxylation sites is 1. The standard InChI is InChI=1S/C23H29Cl2N3O2/c1-5-11-28(13-21(29)26-20-10-9-17(24)12-19(20)25)14-22(30)27-23-16(4)7-6-8-18(23)15(2)3/h6-10,12,15H,5,11,13-14H2,1-4H3,(H,26,29)(H,27,30). The SMILES string of the molecule is CCCN(CC(=O)Nc1ccc(Cl)cc1Cl)CC(=O)Nc1c(C)cccc1C(C)C. The molecular weight excluding hydrogens is 421 g/mol. The van der Waals surface area contributed by atoms with Gasteiger partial charge in [0.05, 0.1) is 23.8 Å². The smallest absolute Gasteiger partial charge is 0.238 e. The molecule has 0 bridgehead atoms. The fourth-order valence-electron chi connectivity index (χ4n) is 3.24. The lowest BCUT2D eigenvalue weighted by molar-refractivity contribution is -0.120. The first kappa shape index (κ1) is 24.2. The van der Waals surface area contributed by atoms with E-state index >= 15 is 0 Å². The molecule has 0 fully saturated rings. The zero-order valence-corrected chi connectivity index (χ0v) is 19.4. The molecule has 2 aromatic carbocycles. The van der Waals surface area contributed by atoms with Crippen LogP contribution in [0.15, 0.2) is 36.4 Å². The highest BCUT2D eigenvalue weighted by Crippen LogP contribution is 2.27. The third-order valence-corrected chi connectivity index (χ3v) is 5.22. The molecule has 0 saturated heterocycles. The summed E-state index contributed by atoms with van der Waals surface area (Å²) in [5, 5.41) is 6.69. The summed E-state index contributed by atoms with van der Waals surface area (Å²) in [5.41, 5.74) is 3.46. The highest BCUT2D eigenvalue weighted by atomic mass is 35.5. The van der Waals surface area contributed by atoms with Crippen molar-refractivity contribution in [3.63, 3.8) is 0 Å². The van der Waals surface area contributed by atoms with Crippen LogP contribution in [0.4, 0.5) is 11.4 Å². The first-order valence-electron chi connectivity index (χ1n) is 10.1. The third kappa shape index (κ3) is 7.01. The van der Waals surface area contributed by atoms with Crippen molar-refractivity contribution in [3.05, 3.63) is 57.6 Å². The minimum atomic E-state index is -0.237. The third-order valence-electron chi connectivity index (χ3n) is 4.67. The molecule has 2 N–H and O–H groups in total. The van der Waals surface area contributed by atoms with E-state index in [0.717, 1.165) is 23.2 Å². The van der Waals surface area contributed by atoms with Gasteiger partial charge in [0.25, 0.3) is 0 Å². The molecule has 0 radical (unpaired) electrons. The normalized spacial score (nSPS) is 11.1. The first-order chi connectivity index (χ1) is 14.2. The lowest BCUT2D eigenvalue weighted by atomic mass is 9.98. The van der Waals surface area contributed by atoms with Gasteiger partial charge in [0, 0.05) is 10.7 Å². The molecule has 0 spiro atoms. The van der Waals surface area contributed by atoms with E-state index in [1.54, 1.807) is 18.2 Å². The number of nitrogens with one attached hydrogen (secondary N) is 2. The summed E-state index contributed by atoms with van der Waals surface area (Å²) < 4.78 is 0. The number of aryl methyl sites for hydroxylation is 1. The van der Waals surface area contributed by atoms with Gasteiger partial charge in [-0.1, -0.05) is 62.2 Å². The molecule has 0 atom stereocenters. The molecule has 162 valence electrons. The number of nitrogens with zero attached hydrogens (tertiary/aromatic N) is 1. The van der Waals surface area contributed by atoms with E-state index < -0.39 is 0 Å². The quantitative estimate of drug-likeness (QED) is 0.514. The predicted molar refractivity (Wildman–Crippen MR) is 126 cm³/mol. The molecule has 0 unspecified atom stereocenters. The number of hydrogen-bond donors (Lipinski definition) is 2. The van der Waals surface area contributed by atoms with Crippen LogP contribution in [0.5, 0.6) is 0 Å². The molecule has 0 aromatic heterocycles. The van der Waals surface area contributed by atoms with E-state index in [1.165, 1.54) is 0 Å². The van der Waals surface area contributed by atoms with Gasteiger partial charge in [-0.3, -0.25) is 14.5 Å². The van der Waals surface area contributed by atoms with Crippen LogP contribution < -0.4 is 10.6 Å². The summed E-state index contributed by atoms with van der Waals surface area (Å²) in [6, 6.07) is 10.9. The summed E-state index contributed by atoms with van der Waals surface area (Å²) >= 11 is 12.0. The summed E-state index contributed by atoms with van der Waals surface area (Å²) in [4.78, 5) is 27.1. The Morgan fingerprint density at radius 2 is 1.70 bits per heavy atom. The van der Waals surface area contributed by atoms with Gasteiger partial charge in [0.2, 0.25) is 11.8 Å². The van der Waals surface area contributed by atoms with E-state index in [2.05, 4.69) is 24.5 Å². The van der Waals surface area contributed by atoms with Crippen molar-refractivity contribution in [3.8, 4) is 0 Å². The maximum Gasteiger partial charge on any atom is 0.238 e. The molecule has 30 heavy (non-hydrogen) atoms. The molecular formula is C23H29Cl2N3O2. The van der Waals surface area contributed by atoms with E-state index in [1.807, 2.05) is 36.9 Å². The van der Waals surface area contributed by atoms with E-state index in [9.17, 15) is 9.59 Å². The number of rotatable bonds is 9. The van der Waals surface area contributed by atoms with Gasteiger partial charge in [-0.15, -0.1) is 0 Å². The van der Waals surface area contributed by atoms with E-state index in [0.29, 0.717) is 28.2 Å². The first-order valence-corrected chi connectivity index (χ1v) is 10.8. The van der Waals surface area contributed by atoms with Crippen molar-refractivity contribution in [2.75, 3.05) is 30.3 Å². The molecule has 7 heteroatoms. The van der Waals surface area contributed by atoms with Crippen LogP contribution in [0, 0.1) is 6.92 Å². The van der Waals surface area contributed by atoms with Gasteiger partial charge in [-0.05, 0) is 55.1 Å². The molecule has 0 aliphatic heterocycles. The van der Waals surface area contributed by atoms with Crippen molar-refractivity contribution in [1.29, 1.82) is 0 Å². The number of benzene rings is 2. The van der Waals surface area contributed by atoms with Crippen molar-refractivity contribution in [2.45, 2.75) is 40.0 Å². The minimum Gasteiger partial charge on any atom is -0.324 e. The maximum absolute atomic E-state index is 12.7. The molecule has 0 heterocycles. The number of carbonyl (C=O) groups excluding carboxylic acids is 2. The van der Waals surface area contributed by atoms with Crippen LogP contribution >= 0.6 is 23.2 Å². The van der Waals surface area contributed by atoms with Gasteiger partial charge in [-0.2, -0.15) is 0 Å².